The number of nitrogens with one attached hydrogen (secondary N) is 1. The minimum atomic E-state index is 0.398. The smallest absolute Gasteiger partial charge is 0.0674 e. The van der Waals surface area contributed by atoms with Crippen molar-refractivity contribution in [2.45, 2.75) is 51.8 Å². The van der Waals surface area contributed by atoms with E-state index in [2.05, 4.69) is 38.0 Å². The number of nitrogens with zero attached hydrogens (tertiary/aromatic N) is 1. The van der Waals surface area contributed by atoms with Gasteiger partial charge in [-0.05, 0) is 32.2 Å². The predicted octanol–water partition coefficient (Wildman–Crippen LogP) is 1.48. The molecule has 0 aromatic carbocycles. The molecule has 0 bridgehead atoms. The third kappa shape index (κ3) is 2.27. The molecule has 1 heterocycles. The van der Waals surface area contributed by atoms with Gasteiger partial charge in [-0.2, -0.15) is 0 Å². The highest BCUT2D eigenvalue weighted by Crippen LogP contribution is 2.40. The summed E-state index contributed by atoms with van der Waals surface area (Å²) in [5, 5.41) is 3.53. The maximum absolute atomic E-state index is 5.63. The molecule has 1 aliphatic heterocycles. The third-order valence-electron chi connectivity index (χ3n) is 4.36. The van der Waals surface area contributed by atoms with Gasteiger partial charge in [-0.15, -0.1) is 0 Å². The Labute approximate surface area is 99.5 Å². The van der Waals surface area contributed by atoms with Crippen LogP contribution >= 0.6 is 0 Å². The van der Waals surface area contributed by atoms with Gasteiger partial charge in [0.2, 0.25) is 0 Å². The lowest BCUT2D eigenvalue weighted by Gasteiger charge is -2.40. The first-order chi connectivity index (χ1) is 7.54. The Bertz CT molecular complexity index is 242. The van der Waals surface area contributed by atoms with Crippen LogP contribution in [-0.4, -0.2) is 49.8 Å². The zero-order chi connectivity index (χ0) is 11.8. The molecule has 3 heteroatoms. The molecule has 1 saturated carbocycles. The van der Waals surface area contributed by atoms with Crippen LogP contribution in [0.4, 0.5) is 0 Å². The zero-order valence-electron chi connectivity index (χ0n) is 11.1. The summed E-state index contributed by atoms with van der Waals surface area (Å²) in [6, 6.07) is 1.32. The molecular formula is C13H26N2O. The normalized spacial score (nSPS) is 40.1. The summed E-state index contributed by atoms with van der Waals surface area (Å²) in [6.07, 6.45) is 3.05. The molecule has 0 aromatic rings. The molecule has 2 fully saturated rings. The van der Waals surface area contributed by atoms with Gasteiger partial charge in [0.25, 0.3) is 0 Å². The monoisotopic (exact) mass is 226 g/mol. The van der Waals surface area contributed by atoms with Gasteiger partial charge in [-0.1, -0.05) is 13.8 Å². The Morgan fingerprint density at radius 3 is 2.75 bits per heavy atom. The Morgan fingerprint density at radius 1 is 1.38 bits per heavy atom. The first-order valence-corrected chi connectivity index (χ1v) is 6.57. The van der Waals surface area contributed by atoms with Crippen molar-refractivity contribution in [2.75, 3.05) is 26.7 Å². The highest BCUT2D eigenvalue weighted by atomic mass is 16.5. The molecule has 3 atom stereocenters. The van der Waals surface area contributed by atoms with Crippen molar-refractivity contribution in [3.8, 4) is 0 Å². The molecule has 1 saturated heterocycles. The number of likely N-dealkylation sites (N-methyl/N-ethyl adjacent to an activating group) is 1. The van der Waals surface area contributed by atoms with E-state index in [1.54, 1.807) is 0 Å². The van der Waals surface area contributed by atoms with Gasteiger partial charge in [0, 0.05) is 25.2 Å². The number of ether oxygens (including phenoxy) is 1. The lowest BCUT2D eigenvalue weighted by molar-refractivity contribution is -0.0387. The van der Waals surface area contributed by atoms with Crippen molar-refractivity contribution in [1.29, 1.82) is 0 Å². The summed E-state index contributed by atoms with van der Waals surface area (Å²) < 4.78 is 5.63. The molecule has 2 aliphatic rings. The fourth-order valence-electron chi connectivity index (χ4n) is 3.49. The van der Waals surface area contributed by atoms with Crippen molar-refractivity contribution in [3.63, 3.8) is 0 Å². The van der Waals surface area contributed by atoms with Crippen molar-refractivity contribution in [2.24, 2.45) is 5.41 Å². The third-order valence-corrected chi connectivity index (χ3v) is 4.36. The Morgan fingerprint density at radius 2 is 2.12 bits per heavy atom. The molecule has 2 rings (SSSR count). The minimum Gasteiger partial charge on any atom is -0.376 e. The minimum absolute atomic E-state index is 0.398. The second-order valence-electron chi connectivity index (χ2n) is 6.04. The number of rotatable bonds is 2. The van der Waals surface area contributed by atoms with Crippen LogP contribution in [0.3, 0.4) is 0 Å². The average molecular weight is 226 g/mol. The van der Waals surface area contributed by atoms with Gasteiger partial charge in [-0.3, -0.25) is 4.90 Å². The average Bonchev–Trinajstić information content (AvgIpc) is 2.53. The molecule has 0 spiro atoms. The van der Waals surface area contributed by atoms with Gasteiger partial charge in [-0.25, -0.2) is 0 Å². The highest BCUT2D eigenvalue weighted by molar-refractivity contribution is 5.01. The van der Waals surface area contributed by atoms with Crippen LogP contribution in [0, 0.1) is 5.41 Å². The summed E-state index contributed by atoms with van der Waals surface area (Å²) in [6.45, 7) is 10.0. The van der Waals surface area contributed by atoms with Gasteiger partial charge < -0.3 is 10.1 Å². The first kappa shape index (κ1) is 12.3. The lowest BCUT2D eigenvalue weighted by atomic mass is 9.86. The maximum Gasteiger partial charge on any atom is 0.0674 e. The molecule has 3 unspecified atom stereocenters. The van der Waals surface area contributed by atoms with Crippen LogP contribution in [0.25, 0.3) is 0 Å². The van der Waals surface area contributed by atoms with Crippen LogP contribution in [0.2, 0.25) is 0 Å². The van der Waals surface area contributed by atoms with Crippen LogP contribution in [0.15, 0.2) is 0 Å². The van der Waals surface area contributed by atoms with Crippen molar-refractivity contribution in [1.82, 2.24) is 10.2 Å². The molecule has 0 aromatic heterocycles. The Balaban J connectivity index is 2.03. The highest BCUT2D eigenvalue weighted by Gasteiger charge is 2.44. The van der Waals surface area contributed by atoms with Gasteiger partial charge in [0.15, 0.2) is 0 Å². The van der Waals surface area contributed by atoms with Crippen molar-refractivity contribution < 1.29 is 4.74 Å². The van der Waals surface area contributed by atoms with Gasteiger partial charge in [0.05, 0.1) is 12.7 Å². The van der Waals surface area contributed by atoms with E-state index < -0.39 is 0 Å². The van der Waals surface area contributed by atoms with Crippen LogP contribution in [0.1, 0.15) is 33.6 Å². The largest absolute Gasteiger partial charge is 0.376 e. The Kier molecular flexibility index (Phi) is 3.57. The quantitative estimate of drug-likeness (QED) is 0.772. The number of hydrogen-bond donors (Lipinski definition) is 1. The van der Waals surface area contributed by atoms with E-state index in [4.69, 9.17) is 4.74 Å². The standard InChI is InChI=1S/C13H26N2O/c1-10-9-15(7-8-16-10)11-5-6-13(2,3)12(11)14-4/h10-12,14H,5-9H2,1-4H3. The van der Waals surface area contributed by atoms with Crippen LogP contribution in [0.5, 0.6) is 0 Å². The topological polar surface area (TPSA) is 24.5 Å². The van der Waals surface area contributed by atoms with E-state index in [9.17, 15) is 0 Å². The van der Waals surface area contributed by atoms with E-state index in [1.165, 1.54) is 12.8 Å². The molecule has 1 aliphatic carbocycles. The summed E-state index contributed by atoms with van der Waals surface area (Å²) in [4.78, 5) is 2.63. The first-order valence-electron chi connectivity index (χ1n) is 6.57. The lowest BCUT2D eigenvalue weighted by Crippen LogP contribution is -2.55. The maximum atomic E-state index is 5.63. The molecule has 1 N–H and O–H groups in total. The second-order valence-corrected chi connectivity index (χ2v) is 6.04. The van der Waals surface area contributed by atoms with Gasteiger partial charge in [0.1, 0.15) is 0 Å². The Hall–Kier alpha value is -0.120. The molecule has 0 amide bonds. The number of hydrogen-bond acceptors (Lipinski definition) is 3. The van der Waals surface area contributed by atoms with E-state index in [-0.39, 0.29) is 0 Å². The van der Waals surface area contributed by atoms with E-state index >= 15 is 0 Å². The molecule has 0 radical (unpaired) electrons. The van der Waals surface area contributed by atoms with Crippen LogP contribution < -0.4 is 5.32 Å². The fraction of sp³-hybridized carbons (Fsp3) is 1.00. The van der Waals surface area contributed by atoms with E-state index in [1.807, 2.05) is 0 Å². The molecule has 3 nitrogen and oxygen atoms in total. The van der Waals surface area contributed by atoms with Crippen molar-refractivity contribution >= 4 is 0 Å². The predicted molar refractivity (Wildman–Crippen MR) is 66.6 cm³/mol. The fourth-order valence-corrected chi connectivity index (χ4v) is 3.49. The summed E-state index contributed by atoms with van der Waals surface area (Å²) in [5.41, 5.74) is 0.432. The zero-order valence-corrected chi connectivity index (χ0v) is 11.1. The van der Waals surface area contributed by atoms with Crippen LogP contribution in [-0.2, 0) is 4.74 Å². The molecule has 16 heavy (non-hydrogen) atoms. The summed E-state index contributed by atoms with van der Waals surface area (Å²) in [7, 11) is 2.11. The van der Waals surface area contributed by atoms with E-state index in [0.717, 1.165) is 19.7 Å². The number of morpholine rings is 1. The van der Waals surface area contributed by atoms with Gasteiger partial charge >= 0.3 is 0 Å². The van der Waals surface area contributed by atoms with Crippen molar-refractivity contribution in [3.05, 3.63) is 0 Å². The molecular weight excluding hydrogens is 200 g/mol. The summed E-state index contributed by atoms with van der Waals surface area (Å²) >= 11 is 0. The second kappa shape index (κ2) is 4.63. The van der Waals surface area contributed by atoms with E-state index in [0.29, 0.717) is 23.6 Å². The SMILES string of the molecule is CNC1C(N2CCOC(C)C2)CCC1(C)C. The summed E-state index contributed by atoms with van der Waals surface area (Å²) in [5.74, 6) is 0. The molecule has 94 valence electrons.